The molecule has 0 unspecified atom stereocenters. The number of nitrogens with zero attached hydrogens (tertiary/aromatic N) is 2. The molecule has 0 radical (unpaired) electrons. The molecule has 6 rings (SSSR count). The van der Waals surface area contributed by atoms with Gasteiger partial charge in [0.2, 0.25) is 5.88 Å². The second-order valence-electron chi connectivity index (χ2n) is 7.61. The fourth-order valence-corrected chi connectivity index (χ4v) is 5.33. The summed E-state index contributed by atoms with van der Waals surface area (Å²) in [5.41, 5.74) is 2.30. The van der Waals surface area contributed by atoms with Crippen molar-refractivity contribution < 1.29 is 9.84 Å². The Morgan fingerprint density at radius 1 is 0.781 bits per heavy atom. The normalized spacial score (nSPS) is 11.4. The van der Waals surface area contributed by atoms with Crippen molar-refractivity contribution >= 4 is 42.3 Å². The number of hydrogen-bond donors (Lipinski definition) is 1. The predicted molar refractivity (Wildman–Crippen MR) is 132 cm³/mol. The first-order valence-electron chi connectivity index (χ1n) is 10.3. The summed E-state index contributed by atoms with van der Waals surface area (Å²) in [7, 11) is 1.58. The first-order chi connectivity index (χ1) is 15.7. The van der Waals surface area contributed by atoms with Crippen LogP contribution in [-0.2, 0) is 0 Å². The van der Waals surface area contributed by atoms with E-state index in [2.05, 4.69) is 59.6 Å². The molecule has 6 aromatic rings. The Bertz CT molecular complexity index is 1640. The van der Waals surface area contributed by atoms with Crippen molar-refractivity contribution in [1.82, 2.24) is 9.97 Å². The van der Waals surface area contributed by atoms with Gasteiger partial charge in [-0.2, -0.15) is 4.98 Å². The van der Waals surface area contributed by atoms with Gasteiger partial charge in [0, 0.05) is 31.8 Å². The molecule has 0 saturated heterocycles. The molecule has 1 N–H and O–H groups in total. The predicted octanol–water partition coefficient (Wildman–Crippen LogP) is 7.05. The number of ether oxygens (including phenoxy) is 1. The van der Waals surface area contributed by atoms with Gasteiger partial charge in [0.15, 0.2) is 5.82 Å². The quantitative estimate of drug-likeness (QED) is 0.324. The highest BCUT2D eigenvalue weighted by molar-refractivity contribution is 7.26. The first-order valence-corrected chi connectivity index (χ1v) is 11.1. The summed E-state index contributed by atoms with van der Waals surface area (Å²) in [6.45, 7) is 0. The van der Waals surface area contributed by atoms with Crippen LogP contribution in [0.3, 0.4) is 0 Å². The summed E-state index contributed by atoms with van der Waals surface area (Å²) in [6, 6.07) is 28.2. The van der Waals surface area contributed by atoms with Crippen LogP contribution in [-0.4, -0.2) is 22.2 Å². The van der Waals surface area contributed by atoms with E-state index in [0.717, 1.165) is 11.3 Å². The summed E-state index contributed by atoms with van der Waals surface area (Å²) in [6.07, 6.45) is 0. The molecule has 5 heteroatoms. The smallest absolute Gasteiger partial charge is 0.217 e. The van der Waals surface area contributed by atoms with E-state index in [4.69, 9.17) is 9.72 Å². The number of phenolic OH excluding ortho intramolecular Hbond substituents is 1. The van der Waals surface area contributed by atoms with Crippen molar-refractivity contribution in [2.45, 2.75) is 0 Å². The van der Waals surface area contributed by atoms with E-state index in [9.17, 15) is 5.11 Å². The Morgan fingerprint density at radius 2 is 1.62 bits per heavy atom. The third-order valence-electron chi connectivity index (χ3n) is 5.71. The number of rotatable bonds is 3. The summed E-state index contributed by atoms with van der Waals surface area (Å²) < 4.78 is 7.91. The van der Waals surface area contributed by atoms with Gasteiger partial charge in [-0.25, -0.2) is 4.98 Å². The lowest BCUT2D eigenvalue weighted by Gasteiger charge is -2.09. The Hall–Kier alpha value is -3.96. The average molecular weight is 435 g/mol. The number of aromatic nitrogens is 2. The molecule has 0 spiro atoms. The maximum atomic E-state index is 10.3. The summed E-state index contributed by atoms with van der Waals surface area (Å²) in [5.74, 6) is 1.02. The minimum Gasteiger partial charge on any atom is -0.507 e. The zero-order valence-corrected chi connectivity index (χ0v) is 18.1. The van der Waals surface area contributed by atoms with Crippen molar-refractivity contribution in [2.75, 3.05) is 7.11 Å². The number of fused-ring (bicyclic) bond motifs is 5. The number of thiophene rings is 1. The van der Waals surface area contributed by atoms with Crippen LogP contribution < -0.4 is 4.74 Å². The van der Waals surface area contributed by atoms with Crippen molar-refractivity contribution in [3.05, 3.63) is 84.9 Å². The second kappa shape index (κ2) is 7.32. The number of aromatic hydroxyl groups is 1. The highest BCUT2D eigenvalue weighted by Crippen LogP contribution is 2.40. The van der Waals surface area contributed by atoms with Gasteiger partial charge >= 0.3 is 0 Å². The minimum atomic E-state index is 0.138. The van der Waals surface area contributed by atoms with Crippen LogP contribution in [0.2, 0.25) is 0 Å². The van der Waals surface area contributed by atoms with Gasteiger partial charge in [-0.3, -0.25) is 0 Å². The van der Waals surface area contributed by atoms with Gasteiger partial charge in [0.05, 0.1) is 18.4 Å². The molecule has 4 aromatic carbocycles. The SMILES string of the molecule is COc1cc(-c2ccc3c(c2)sc2ccc4ccccc4c23)nc(-c2ccccc2O)n1. The Kier molecular flexibility index (Phi) is 4.30. The van der Waals surface area contributed by atoms with E-state index in [1.165, 1.54) is 30.9 Å². The fraction of sp³-hybridized carbons (Fsp3) is 0.0370. The zero-order valence-electron chi connectivity index (χ0n) is 17.2. The monoisotopic (exact) mass is 434 g/mol. The molecule has 0 atom stereocenters. The molecular weight excluding hydrogens is 416 g/mol. The van der Waals surface area contributed by atoms with E-state index in [1.807, 2.05) is 12.1 Å². The topological polar surface area (TPSA) is 55.2 Å². The molecule has 0 aliphatic rings. The van der Waals surface area contributed by atoms with E-state index < -0.39 is 0 Å². The number of hydrogen-bond acceptors (Lipinski definition) is 5. The Labute approximate surface area is 188 Å². The molecule has 154 valence electrons. The van der Waals surface area contributed by atoms with Crippen molar-refractivity contribution in [3.8, 4) is 34.3 Å². The number of para-hydroxylation sites is 1. The van der Waals surface area contributed by atoms with Gasteiger partial charge in [0.25, 0.3) is 0 Å². The third kappa shape index (κ3) is 2.98. The Balaban J connectivity index is 1.55. The summed E-state index contributed by atoms with van der Waals surface area (Å²) in [4.78, 5) is 9.20. The molecule has 2 aromatic heterocycles. The molecule has 0 bridgehead atoms. The fourth-order valence-electron chi connectivity index (χ4n) is 4.17. The molecule has 0 saturated carbocycles. The second-order valence-corrected chi connectivity index (χ2v) is 8.69. The van der Waals surface area contributed by atoms with Crippen LogP contribution >= 0.6 is 11.3 Å². The standard InChI is InChI=1S/C27H18N2O2S/c1-31-25-15-21(28-27(29-25)19-8-4-5-9-22(19)30)17-10-12-20-24(14-17)32-23-13-11-16-6-2-3-7-18(16)26(20)23/h2-15,30H,1H3. The van der Waals surface area contributed by atoms with Crippen LogP contribution in [0.4, 0.5) is 0 Å². The highest BCUT2D eigenvalue weighted by Gasteiger charge is 2.14. The Morgan fingerprint density at radius 3 is 2.50 bits per heavy atom. The van der Waals surface area contributed by atoms with Crippen molar-refractivity contribution in [3.63, 3.8) is 0 Å². The van der Waals surface area contributed by atoms with Gasteiger partial charge in [-0.1, -0.05) is 54.6 Å². The molecular formula is C27H18N2O2S. The number of phenols is 1. The van der Waals surface area contributed by atoms with Crippen LogP contribution in [0.25, 0.3) is 53.6 Å². The van der Waals surface area contributed by atoms with Crippen LogP contribution in [0.15, 0.2) is 84.9 Å². The van der Waals surface area contributed by atoms with Crippen molar-refractivity contribution in [1.29, 1.82) is 0 Å². The molecule has 0 amide bonds. The zero-order chi connectivity index (χ0) is 21.7. The van der Waals surface area contributed by atoms with Gasteiger partial charge < -0.3 is 9.84 Å². The average Bonchev–Trinajstić information content (AvgIpc) is 3.22. The number of benzene rings is 4. The van der Waals surface area contributed by atoms with E-state index in [-0.39, 0.29) is 5.75 Å². The lowest BCUT2D eigenvalue weighted by molar-refractivity contribution is 0.397. The highest BCUT2D eigenvalue weighted by atomic mass is 32.1. The third-order valence-corrected chi connectivity index (χ3v) is 6.83. The summed E-state index contributed by atoms with van der Waals surface area (Å²) >= 11 is 1.78. The van der Waals surface area contributed by atoms with Gasteiger partial charge in [-0.05, 0) is 35.0 Å². The molecule has 0 aliphatic carbocycles. The molecule has 32 heavy (non-hydrogen) atoms. The molecule has 0 fully saturated rings. The molecule has 2 heterocycles. The van der Waals surface area contributed by atoms with Crippen LogP contribution in [0.5, 0.6) is 11.6 Å². The molecule has 4 nitrogen and oxygen atoms in total. The minimum absolute atomic E-state index is 0.138. The van der Waals surface area contributed by atoms with Crippen molar-refractivity contribution in [2.24, 2.45) is 0 Å². The van der Waals surface area contributed by atoms with E-state index in [1.54, 1.807) is 36.6 Å². The van der Waals surface area contributed by atoms with Gasteiger partial charge in [0.1, 0.15) is 5.75 Å². The van der Waals surface area contributed by atoms with Crippen LogP contribution in [0.1, 0.15) is 0 Å². The van der Waals surface area contributed by atoms with Crippen LogP contribution in [0, 0.1) is 0 Å². The van der Waals surface area contributed by atoms with E-state index >= 15 is 0 Å². The largest absolute Gasteiger partial charge is 0.507 e. The number of methoxy groups -OCH3 is 1. The first kappa shape index (κ1) is 18.8. The summed E-state index contributed by atoms with van der Waals surface area (Å²) in [5, 5.41) is 15.3. The maximum Gasteiger partial charge on any atom is 0.217 e. The lowest BCUT2D eigenvalue weighted by atomic mass is 10.0. The maximum absolute atomic E-state index is 10.3. The van der Waals surface area contributed by atoms with Gasteiger partial charge in [-0.15, -0.1) is 11.3 Å². The lowest BCUT2D eigenvalue weighted by Crippen LogP contribution is -1.96. The van der Waals surface area contributed by atoms with E-state index in [0.29, 0.717) is 17.3 Å². The molecule has 0 aliphatic heterocycles.